The summed E-state index contributed by atoms with van der Waals surface area (Å²) < 4.78 is 15.5. The third-order valence-electron chi connectivity index (χ3n) is 3.65. The first kappa shape index (κ1) is 14.5. The molecule has 7 heteroatoms. The summed E-state index contributed by atoms with van der Waals surface area (Å²) in [4.78, 5) is 2.19. The van der Waals surface area contributed by atoms with E-state index in [1.807, 2.05) is 34.9 Å². The smallest absolute Gasteiger partial charge is 0.194 e. The van der Waals surface area contributed by atoms with Gasteiger partial charge in [-0.3, -0.25) is 4.57 Å². The van der Waals surface area contributed by atoms with Gasteiger partial charge in [-0.2, -0.15) is 0 Å². The van der Waals surface area contributed by atoms with Crippen LogP contribution in [0, 0.1) is 5.82 Å². The van der Waals surface area contributed by atoms with Crippen molar-refractivity contribution in [1.29, 1.82) is 0 Å². The lowest BCUT2D eigenvalue weighted by molar-refractivity contribution is 0.606. The van der Waals surface area contributed by atoms with E-state index in [1.54, 1.807) is 17.8 Å². The topological polar surface area (TPSA) is 34.0 Å². The van der Waals surface area contributed by atoms with Crippen LogP contribution >= 0.6 is 23.4 Å². The second kappa shape index (κ2) is 5.86. The number of nitrogens with zero attached hydrogens (tertiary/aromatic N) is 4. The molecule has 1 aliphatic rings. The van der Waals surface area contributed by atoms with Gasteiger partial charge in [0.25, 0.3) is 0 Å². The van der Waals surface area contributed by atoms with Crippen molar-refractivity contribution in [3.63, 3.8) is 0 Å². The maximum absolute atomic E-state index is 13.5. The lowest BCUT2D eigenvalue weighted by Gasteiger charge is -2.29. The van der Waals surface area contributed by atoms with Crippen LogP contribution in [0.25, 0.3) is 11.4 Å². The van der Waals surface area contributed by atoms with Gasteiger partial charge < -0.3 is 4.90 Å². The molecule has 0 saturated carbocycles. The molecule has 0 spiro atoms. The standard InChI is InChI=1S/C16H12ClFN4S/c17-12-4-6-14(7-5-12)21-9-22-15(19-20-16(22)23-10-21)11-2-1-3-13(18)8-11/h1-8H,9-10H2. The van der Waals surface area contributed by atoms with Crippen LogP contribution in [-0.2, 0) is 6.67 Å². The van der Waals surface area contributed by atoms with Gasteiger partial charge in [0.15, 0.2) is 11.0 Å². The molecule has 116 valence electrons. The van der Waals surface area contributed by atoms with E-state index in [1.165, 1.54) is 12.1 Å². The zero-order valence-corrected chi connectivity index (χ0v) is 13.6. The maximum Gasteiger partial charge on any atom is 0.194 e. The summed E-state index contributed by atoms with van der Waals surface area (Å²) in [6.07, 6.45) is 0. The van der Waals surface area contributed by atoms with Crippen LogP contribution in [0.4, 0.5) is 10.1 Å². The molecule has 0 atom stereocenters. The Bertz CT molecular complexity index is 850. The van der Waals surface area contributed by atoms with Crippen molar-refractivity contribution >= 4 is 29.1 Å². The zero-order chi connectivity index (χ0) is 15.8. The van der Waals surface area contributed by atoms with Crippen LogP contribution in [0.3, 0.4) is 0 Å². The van der Waals surface area contributed by atoms with Crippen LogP contribution in [0.2, 0.25) is 5.02 Å². The summed E-state index contributed by atoms with van der Waals surface area (Å²) in [5, 5.41) is 9.99. The predicted molar refractivity (Wildman–Crippen MR) is 90.1 cm³/mol. The molecule has 0 N–H and O–H groups in total. The molecular formula is C16H12ClFN4S. The molecule has 0 bridgehead atoms. The minimum Gasteiger partial charge on any atom is -0.344 e. The number of thioether (sulfide) groups is 1. The summed E-state index contributed by atoms with van der Waals surface area (Å²) in [7, 11) is 0. The van der Waals surface area contributed by atoms with Gasteiger partial charge in [0.1, 0.15) is 5.82 Å². The van der Waals surface area contributed by atoms with Crippen molar-refractivity contribution in [1.82, 2.24) is 14.8 Å². The lowest BCUT2D eigenvalue weighted by Crippen LogP contribution is -2.30. The minimum atomic E-state index is -0.280. The van der Waals surface area contributed by atoms with E-state index in [9.17, 15) is 4.39 Å². The highest BCUT2D eigenvalue weighted by Crippen LogP contribution is 2.32. The van der Waals surface area contributed by atoms with Gasteiger partial charge in [-0.15, -0.1) is 10.2 Å². The fourth-order valence-electron chi connectivity index (χ4n) is 2.52. The lowest BCUT2D eigenvalue weighted by atomic mass is 10.2. The molecule has 4 nitrogen and oxygen atoms in total. The third kappa shape index (κ3) is 2.80. The first-order chi connectivity index (χ1) is 11.2. The molecular weight excluding hydrogens is 335 g/mol. The Balaban J connectivity index is 1.69. The first-order valence-corrected chi connectivity index (χ1v) is 8.39. The SMILES string of the molecule is Fc1cccc(-c2nnc3n2CN(c2ccc(Cl)cc2)CS3)c1. The molecule has 23 heavy (non-hydrogen) atoms. The van der Waals surface area contributed by atoms with Crippen LogP contribution in [0.5, 0.6) is 0 Å². The van der Waals surface area contributed by atoms with Crippen LogP contribution in [-0.4, -0.2) is 20.6 Å². The molecule has 0 saturated heterocycles. The van der Waals surface area contributed by atoms with Crippen LogP contribution in [0.1, 0.15) is 0 Å². The Hall–Kier alpha value is -2.05. The third-order valence-corrected chi connectivity index (χ3v) is 4.91. The van der Waals surface area contributed by atoms with Crippen molar-refractivity contribution in [2.45, 2.75) is 11.8 Å². The van der Waals surface area contributed by atoms with Crippen molar-refractivity contribution < 1.29 is 4.39 Å². The van der Waals surface area contributed by atoms with Crippen LogP contribution < -0.4 is 4.90 Å². The molecule has 0 radical (unpaired) electrons. The summed E-state index contributed by atoms with van der Waals surface area (Å²) in [6, 6.07) is 14.1. The number of halogens is 2. The Morgan fingerprint density at radius 3 is 2.70 bits per heavy atom. The number of hydrogen-bond donors (Lipinski definition) is 0. The normalized spacial score (nSPS) is 13.9. The molecule has 3 aromatic rings. The quantitative estimate of drug-likeness (QED) is 0.694. The van der Waals surface area contributed by atoms with E-state index >= 15 is 0 Å². The van der Waals surface area contributed by atoms with E-state index in [-0.39, 0.29) is 5.82 Å². The van der Waals surface area contributed by atoms with E-state index < -0.39 is 0 Å². The van der Waals surface area contributed by atoms with E-state index in [2.05, 4.69) is 15.1 Å². The van der Waals surface area contributed by atoms with Gasteiger partial charge in [-0.25, -0.2) is 4.39 Å². The molecule has 0 fully saturated rings. The number of fused-ring (bicyclic) bond motifs is 1. The molecule has 0 amide bonds. The average Bonchev–Trinajstić information content (AvgIpc) is 2.98. The van der Waals surface area contributed by atoms with E-state index in [0.717, 1.165) is 22.3 Å². The number of anilines is 1. The maximum atomic E-state index is 13.5. The highest BCUT2D eigenvalue weighted by Gasteiger charge is 2.22. The van der Waals surface area contributed by atoms with Crippen molar-refractivity contribution in [3.8, 4) is 11.4 Å². The van der Waals surface area contributed by atoms with Gasteiger partial charge in [0, 0.05) is 16.3 Å². The summed E-state index contributed by atoms with van der Waals surface area (Å²) in [6.45, 7) is 0.614. The van der Waals surface area contributed by atoms with E-state index in [0.29, 0.717) is 17.5 Å². The summed E-state index contributed by atoms with van der Waals surface area (Å²) in [5.74, 6) is 1.17. The molecule has 0 aliphatic carbocycles. The Morgan fingerprint density at radius 1 is 1.09 bits per heavy atom. The van der Waals surface area contributed by atoms with Gasteiger partial charge in [-0.1, -0.05) is 35.5 Å². The molecule has 2 aromatic carbocycles. The first-order valence-electron chi connectivity index (χ1n) is 7.03. The van der Waals surface area contributed by atoms with Gasteiger partial charge in [0.05, 0.1) is 12.5 Å². The molecule has 2 heterocycles. The number of benzene rings is 2. The highest BCUT2D eigenvalue weighted by atomic mass is 35.5. The monoisotopic (exact) mass is 346 g/mol. The van der Waals surface area contributed by atoms with Crippen molar-refractivity contribution in [2.75, 3.05) is 10.8 Å². The summed E-state index contributed by atoms with van der Waals surface area (Å²) >= 11 is 7.55. The largest absolute Gasteiger partial charge is 0.344 e. The molecule has 1 aliphatic heterocycles. The van der Waals surface area contributed by atoms with Gasteiger partial charge >= 0.3 is 0 Å². The van der Waals surface area contributed by atoms with Gasteiger partial charge in [-0.05, 0) is 36.4 Å². The van der Waals surface area contributed by atoms with Crippen molar-refractivity contribution in [3.05, 3.63) is 59.4 Å². The Morgan fingerprint density at radius 2 is 1.91 bits per heavy atom. The van der Waals surface area contributed by atoms with Crippen LogP contribution in [0.15, 0.2) is 53.7 Å². The zero-order valence-electron chi connectivity index (χ0n) is 12.0. The minimum absolute atomic E-state index is 0.280. The highest BCUT2D eigenvalue weighted by molar-refractivity contribution is 7.99. The second-order valence-electron chi connectivity index (χ2n) is 5.18. The number of rotatable bonds is 2. The van der Waals surface area contributed by atoms with Gasteiger partial charge in [0.2, 0.25) is 0 Å². The fourth-order valence-corrected chi connectivity index (χ4v) is 3.55. The van der Waals surface area contributed by atoms with E-state index in [4.69, 9.17) is 11.6 Å². The van der Waals surface area contributed by atoms with Crippen molar-refractivity contribution in [2.24, 2.45) is 0 Å². The fraction of sp³-hybridized carbons (Fsp3) is 0.125. The molecule has 0 unspecified atom stereocenters. The number of aromatic nitrogens is 3. The Kier molecular flexibility index (Phi) is 3.71. The molecule has 4 rings (SSSR count). The number of hydrogen-bond acceptors (Lipinski definition) is 4. The average molecular weight is 347 g/mol. The summed E-state index contributed by atoms with van der Waals surface area (Å²) in [5.41, 5.74) is 1.80. The Labute approximate surface area is 141 Å². The second-order valence-corrected chi connectivity index (χ2v) is 6.52. The predicted octanol–water partition coefficient (Wildman–Crippen LogP) is 4.26. The molecule has 1 aromatic heterocycles.